The summed E-state index contributed by atoms with van der Waals surface area (Å²) in [5.74, 6) is 0. The summed E-state index contributed by atoms with van der Waals surface area (Å²) in [6, 6.07) is 3.87. The van der Waals surface area contributed by atoms with Crippen LogP contribution in [0, 0.1) is 10.1 Å². The average Bonchev–Trinajstić information content (AvgIpc) is 2.65. The lowest BCUT2D eigenvalue weighted by Crippen LogP contribution is -2.35. The number of hydrogen-bond donors (Lipinski definition) is 0. The number of nitro groups is 1. The van der Waals surface area contributed by atoms with Crippen molar-refractivity contribution in [1.29, 1.82) is 0 Å². The third-order valence-corrected chi connectivity index (χ3v) is 2.05. The van der Waals surface area contributed by atoms with Crippen LogP contribution in [0.2, 0.25) is 5.02 Å². The highest BCUT2D eigenvalue weighted by atomic mass is 35.5. The predicted octanol–water partition coefficient (Wildman–Crippen LogP) is -0.0185. The van der Waals surface area contributed by atoms with Crippen LogP contribution < -0.4 is 9.90 Å². The van der Waals surface area contributed by atoms with Gasteiger partial charge in [-0.25, -0.2) is 0 Å². The molecule has 0 radical (unpaired) electrons. The van der Waals surface area contributed by atoms with E-state index in [4.69, 9.17) is 11.6 Å². The highest BCUT2D eigenvalue weighted by Crippen LogP contribution is 2.24. The summed E-state index contributed by atoms with van der Waals surface area (Å²) in [5.41, 5.74) is -0.0918. The van der Waals surface area contributed by atoms with Crippen molar-refractivity contribution in [2.24, 2.45) is 0 Å². The SMILES string of the molecule is O=[N+]([O-])c1cc(-[n+]2noc([O-])n2)ccc1Cl. The van der Waals surface area contributed by atoms with Crippen LogP contribution in [0.4, 0.5) is 5.69 Å². The van der Waals surface area contributed by atoms with Crippen molar-refractivity contribution in [3.63, 3.8) is 0 Å². The molecular weight excluding hydrogens is 240 g/mol. The lowest BCUT2D eigenvalue weighted by molar-refractivity contribution is -0.726. The highest BCUT2D eigenvalue weighted by Gasteiger charge is 2.20. The quantitative estimate of drug-likeness (QED) is 0.416. The van der Waals surface area contributed by atoms with Crippen LogP contribution in [0.1, 0.15) is 0 Å². The van der Waals surface area contributed by atoms with Gasteiger partial charge < -0.3 is 9.63 Å². The monoisotopic (exact) mass is 242 g/mol. The van der Waals surface area contributed by atoms with Crippen LogP contribution in [0.15, 0.2) is 22.7 Å². The van der Waals surface area contributed by atoms with Gasteiger partial charge in [-0.3, -0.25) is 10.1 Å². The first-order valence-electron chi connectivity index (χ1n) is 3.95. The first-order valence-corrected chi connectivity index (χ1v) is 4.33. The average molecular weight is 243 g/mol. The second kappa shape index (κ2) is 3.74. The zero-order valence-corrected chi connectivity index (χ0v) is 8.29. The molecule has 9 heteroatoms. The molecule has 0 aliphatic carbocycles. The molecule has 0 saturated heterocycles. The van der Waals surface area contributed by atoms with E-state index in [0.717, 1.165) is 10.9 Å². The van der Waals surface area contributed by atoms with Crippen LogP contribution >= 0.6 is 11.6 Å². The van der Waals surface area contributed by atoms with Gasteiger partial charge in [-0.2, -0.15) is 0 Å². The minimum absolute atomic E-state index is 0.0137. The lowest BCUT2D eigenvalue weighted by Gasteiger charge is -1.93. The summed E-state index contributed by atoms with van der Waals surface area (Å²) in [4.78, 5) is 10.8. The number of nitrogens with zero attached hydrogens (tertiary/aromatic N) is 4. The molecule has 0 aliphatic rings. The van der Waals surface area contributed by atoms with Crippen LogP contribution in [0.25, 0.3) is 5.69 Å². The van der Waals surface area contributed by atoms with Crippen LogP contribution in [-0.4, -0.2) is 15.3 Å². The molecule has 8 nitrogen and oxygen atoms in total. The van der Waals surface area contributed by atoms with Crippen molar-refractivity contribution < 1.29 is 19.3 Å². The number of rotatable bonds is 2. The van der Waals surface area contributed by atoms with E-state index in [0.29, 0.717) is 0 Å². The van der Waals surface area contributed by atoms with Crippen molar-refractivity contribution in [2.45, 2.75) is 0 Å². The van der Waals surface area contributed by atoms with E-state index in [2.05, 4.69) is 14.9 Å². The maximum absolute atomic E-state index is 10.6. The number of hydrogen-bond acceptors (Lipinski definition) is 6. The number of nitro benzene ring substituents is 1. The molecule has 0 unspecified atom stereocenters. The minimum Gasteiger partial charge on any atom is -0.523 e. The normalized spacial score (nSPS) is 10.3. The summed E-state index contributed by atoms with van der Waals surface area (Å²) < 4.78 is 4.19. The molecule has 82 valence electrons. The molecule has 0 amide bonds. The van der Waals surface area contributed by atoms with Gasteiger partial charge in [0.15, 0.2) is 0 Å². The van der Waals surface area contributed by atoms with E-state index >= 15 is 0 Å². The Morgan fingerprint density at radius 3 is 2.81 bits per heavy atom. The molecule has 0 fully saturated rings. The minimum atomic E-state index is -0.891. The smallest absolute Gasteiger partial charge is 0.294 e. The van der Waals surface area contributed by atoms with Crippen LogP contribution in [0.3, 0.4) is 0 Å². The van der Waals surface area contributed by atoms with Crippen molar-refractivity contribution in [2.75, 3.05) is 0 Å². The number of aromatic nitrogens is 3. The molecule has 0 atom stereocenters. The number of halogens is 1. The fourth-order valence-corrected chi connectivity index (χ4v) is 1.24. The van der Waals surface area contributed by atoms with Gasteiger partial charge in [0, 0.05) is 6.07 Å². The maximum atomic E-state index is 10.6. The Morgan fingerprint density at radius 1 is 1.50 bits per heavy atom. The van der Waals surface area contributed by atoms with Gasteiger partial charge in [0.1, 0.15) is 10.3 Å². The molecule has 0 bridgehead atoms. The maximum Gasteiger partial charge on any atom is 0.294 e. The van der Waals surface area contributed by atoms with E-state index in [1.807, 2.05) is 0 Å². The fourth-order valence-electron chi connectivity index (χ4n) is 1.06. The number of benzene rings is 1. The van der Waals surface area contributed by atoms with E-state index in [-0.39, 0.29) is 16.4 Å². The third-order valence-electron chi connectivity index (χ3n) is 1.73. The summed E-state index contributed by atoms with van der Waals surface area (Å²) in [7, 11) is 0. The van der Waals surface area contributed by atoms with Crippen molar-refractivity contribution in [1.82, 2.24) is 10.4 Å². The Balaban J connectivity index is 2.51. The standard InChI is InChI=1S/C7H3ClN4O4/c8-5-2-1-4(3-6(5)12(14)15)11-9-7(13)16-10-11/h1-3H. The van der Waals surface area contributed by atoms with Gasteiger partial charge in [-0.05, 0) is 6.07 Å². The Morgan fingerprint density at radius 2 is 2.25 bits per heavy atom. The zero-order valence-electron chi connectivity index (χ0n) is 7.53. The Bertz CT molecular complexity index is 555. The van der Waals surface area contributed by atoms with Gasteiger partial charge in [-0.15, -0.1) is 0 Å². The zero-order chi connectivity index (χ0) is 11.7. The van der Waals surface area contributed by atoms with E-state index in [9.17, 15) is 15.2 Å². The molecule has 1 aromatic heterocycles. The molecule has 0 N–H and O–H groups in total. The second-order valence-electron chi connectivity index (χ2n) is 2.72. The molecule has 1 aromatic carbocycles. The van der Waals surface area contributed by atoms with Crippen molar-refractivity contribution >= 4 is 17.3 Å². The first-order chi connectivity index (χ1) is 7.58. The largest absolute Gasteiger partial charge is 0.523 e. The van der Waals surface area contributed by atoms with Crippen molar-refractivity contribution in [3.05, 3.63) is 33.3 Å². The summed E-state index contributed by atoms with van der Waals surface area (Å²) in [6.45, 7) is 0. The van der Waals surface area contributed by atoms with Gasteiger partial charge >= 0.3 is 0 Å². The van der Waals surface area contributed by atoms with Crippen molar-refractivity contribution in [3.8, 4) is 11.8 Å². The molecule has 0 spiro atoms. The molecule has 2 aromatic rings. The fraction of sp³-hybridized carbons (Fsp3) is 0. The lowest BCUT2D eigenvalue weighted by atomic mass is 10.3. The van der Waals surface area contributed by atoms with Crippen LogP contribution in [0.5, 0.6) is 6.08 Å². The third kappa shape index (κ3) is 1.77. The van der Waals surface area contributed by atoms with Gasteiger partial charge in [0.05, 0.1) is 20.9 Å². The Kier molecular flexibility index (Phi) is 2.41. The molecule has 16 heavy (non-hydrogen) atoms. The molecular formula is C7H3ClN4O4. The predicted molar refractivity (Wildman–Crippen MR) is 46.9 cm³/mol. The molecule has 0 saturated carbocycles. The second-order valence-corrected chi connectivity index (χ2v) is 3.13. The topological polar surface area (TPSA) is 109 Å². The van der Waals surface area contributed by atoms with Gasteiger partial charge in [0.25, 0.3) is 11.4 Å². The van der Waals surface area contributed by atoms with Gasteiger partial charge in [-0.1, -0.05) is 11.6 Å². The summed E-state index contributed by atoms with van der Waals surface area (Å²) in [5, 5.41) is 27.8. The molecule has 2 rings (SSSR count). The summed E-state index contributed by atoms with van der Waals surface area (Å²) >= 11 is 5.61. The molecule has 0 aliphatic heterocycles. The molecule has 1 heterocycles. The van der Waals surface area contributed by atoms with Gasteiger partial charge in [0.2, 0.25) is 6.08 Å². The Hall–Kier alpha value is -2.22. The Labute approximate surface area is 92.8 Å². The van der Waals surface area contributed by atoms with Crippen LogP contribution in [-0.2, 0) is 0 Å². The van der Waals surface area contributed by atoms with E-state index in [1.54, 1.807) is 0 Å². The first kappa shape index (κ1) is 10.3. The van der Waals surface area contributed by atoms with E-state index < -0.39 is 11.0 Å². The highest BCUT2D eigenvalue weighted by molar-refractivity contribution is 6.32. The van der Waals surface area contributed by atoms with E-state index in [1.165, 1.54) is 12.1 Å². The summed E-state index contributed by atoms with van der Waals surface area (Å²) in [6.07, 6.45) is -0.891.